The molecule has 0 atom stereocenters. The molecule has 0 aliphatic heterocycles. The lowest BCUT2D eigenvalue weighted by molar-refractivity contribution is 0.567. The quantitative estimate of drug-likeness (QED) is 0.383. The number of benzene rings is 1. The molecule has 0 unspecified atom stereocenters. The van der Waals surface area contributed by atoms with Gasteiger partial charge in [0.2, 0.25) is 0 Å². The molecular formula is C24H15ClN4O. The summed E-state index contributed by atoms with van der Waals surface area (Å²) in [5.41, 5.74) is 3.05. The number of pyridine rings is 2. The smallest absolute Gasteiger partial charge is 0.178 e. The Hall–Kier alpha value is -4.01. The van der Waals surface area contributed by atoms with E-state index >= 15 is 0 Å². The molecular weight excluding hydrogens is 396 g/mol. The van der Waals surface area contributed by atoms with Gasteiger partial charge in [0, 0.05) is 18.1 Å². The Morgan fingerprint density at radius 2 is 1.77 bits per heavy atom. The Kier molecular flexibility index (Phi) is 4.68. The van der Waals surface area contributed by atoms with Gasteiger partial charge in [0.05, 0.1) is 5.02 Å². The highest BCUT2D eigenvalue weighted by Crippen LogP contribution is 2.33. The number of aromatic nitrogens is 3. The molecule has 0 radical (unpaired) electrons. The number of fused-ring (bicyclic) bond motifs is 1. The summed E-state index contributed by atoms with van der Waals surface area (Å²) in [4.78, 5) is 8.94. The van der Waals surface area contributed by atoms with Crippen molar-refractivity contribution in [1.82, 2.24) is 14.4 Å². The molecule has 0 fully saturated rings. The molecule has 144 valence electrons. The molecule has 0 spiro atoms. The second kappa shape index (κ2) is 7.78. The van der Waals surface area contributed by atoms with Crippen LogP contribution < -0.4 is 5.32 Å². The molecule has 0 aliphatic rings. The third-order valence-corrected chi connectivity index (χ3v) is 4.66. The van der Waals surface area contributed by atoms with E-state index in [0.717, 1.165) is 17.2 Å². The van der Waals surface area contributed by atoms with Gasteiger partial charge in [0.25, 0.3) is 0 Å². The van der Waals surface area contributed by atoms with Gasteiger partial charge in [-0.2, -0.15) is 0 Å². The first kappa shape index (κ1) is 18.0. The van der Waals surface area contributed by atoms with Gasteiger partial charge in [-0.05, 0) is 60.4 Å². The first-order valence-electron chi connectivity index (χ1n) is 9.29. The fraction of sp³-hybridized carbons (Fsp3) is 0. The average molecular weight is 411 g/mol. The number of nitrogens with zero attached hydrogens (tertiary/aromatic N) is 3. The topological polar surface area (TPSA) is 55.4 Å². The molecule has 1 N–H and O–H groups in total. The van der Waals surface area contributed by atoms with Crippen LogP contribution in [0.3, 0.4) is 0 Å². The van der Waals surface area contributed by atoms with Crippen molar-refractivity contribution in [1.29, 1.82) is 0 Å². The monoisotopic (exact) mass is 410 g/mol. The molecule has 30 heavy (non-hydrogen) atoms. The van der Waals surface area contributed by atoms with Crippen molar-refractivity contribution < 1.29 is 4.42 Å². The SMILES string of the molecule is Clc1ccc2nc(-c3ccc(C#Cc4ccccn4)o3)c(Nc3ccccc3)n2c1. The van der Waals surface area contributed by atoms with Gasteiger partial charge < -0.3 is 9.73 Å². The zero-order chi connectivity index (χ0) is 20.3. The summed E-state index contributed by atoms with van der Waals surface area (Å²) in [6.45, 7) is 0. The van der Waals surface area contributed by atoms with E-state index in [2.05, 4.69) is 22.1 Å². The summed E-state index contributed by atoms with van der Waals surface area (Å²) < 4.78 is 7.89. The number of imidazole rings is 1. The first-order valence-corrected chi connectivity index (χ1v) is 9.67. The van der Waals surface area contributed by atoms with Crippen molar-refractivity contribution in [3.8, 4) is 23.3 Å². The van der Waals surface area contributed by atoms with Crippen LogP contribution in [0.4, 0.5) is 11.5 Å². The lowest BCUT2D eigenvalue weighted by atomic mass is 10.3. The van der Waals surface area contributed by atoms with E-state index in [4.69, 9.17) is 21.0 Å². The first-order chi connectivity index (χ1) is 14.8. The molecule has 4 aromatic heterocycles. The van der Waals surface area contributed by atoms with Crippen LogP contribution in [0.1, 0.15) is 11.5 Å². The number of furan rings is 1. The van der Waals surface area contributed by atoms with Crippen LogP contribution in [0, 0.1) is 11.8 Å². The summed E-state index contributed by atoms with van der Waals surface area (Å²) in [7, 11) is 0. The molecule has 0 saturated heterocycles. The van der Waals surface area contributed by atoms with Crippen LogP contribution in [0.15, 0.2) is 89.6 Å². The molecule has 0 aliphatic carbocycles. The van der Waals surface area contributed by atoms with Crippen molar-refractivity contribution in [2.24, 2.45) is 0 Å². The molecule has 1 aromatic carbocycles. The van der Waals surface area contributed by atoms with Gasteiger partial charge in [-0.15, -0.1) is 0 Å². The van der Waals surface area contributed by atoms with E-state index in [0.29, 0.717) is 27.9 Å². The number of hydrogen-bond donors (Lipinski definition) is 1. The lowest BCUT2D eigenvalue weighted by Crippen LogP contribution is -1.96. The standard InChI is InChI=1S/C24H15ClN4O/c25-17-9-14-22-28-23(24(29(22)16-17)27-19-7-2-1-3-8-19)21-13-12-20(30-21)11-10-18-6-4-5-15-26-18/h1-9,12-16,27H. The fourth-order valence-corrected chi connectivity index (χ4v) is 3.22. The van der Waals surface area contributed by atoms with Crippen LogP contribution in [0.25, 0.3) is 17.1 Å². The van der Waals surface area contributed by atoms with E-state index in [1.807, 2.05) is 83.4 Å². The Morgan fingerprint density at radius 3 is 2.60 bits per heavy atom. The second-order valence-corrected chi connectivity index (χ2v) is 6.94. The number of hydrogen-bond acceptors (Lipinski definition) is 4. The normalized spacial score (nSPS) is 10.6. The summed E-state index contributed by atoms with van der Waals surface area (Å²) in [5, 5.41) is 4.04. The number of anilines is 2. The Bertz CT molecular complexity index is 1380. The fourth-order valence-electron chi connectivity index (χ4n) is 3.06. The highest BCUT2D eigenvalue weighted by molar-refractivity contribution is 6.30. The number of halogens is 1. The minimum Gasteiger partial charge on any atom is -0.446 e. The predicted molar refractivity (Wildman–Crippen MR) is 118 cm³/mol. The minimum absolute atomic E-state index is 0.538. The molecule has 5 aromatic rings. The molecule has 6 heteroatoms. The Morgan fingerprint density at radius 1 is 0.900 bits per heavy atom. The number of nitrogens with one attached hydrogen (secondary N) is 1. The van der Waals surface area contributed by atoms with Crippen LogP contribution in [-0.4, -0.2) is 14.4 Å². The third kappa shape index (κ3) is 3.64. The predicted octanol–water partition coefficient (Wildman–Crippen LogP) is 5.79. The highest BCUT2D eigenvalue weighted by Gasteiger charge is 2.17. The summed E-state index contributed by atoms with van der Waals surface area (Å²) in [6.07, 6.45) is 3.53. The maximum absolute atomic E-state index is 6.23. The van der Waals surface area contributed by atoms with Gasteiger partial charge in [-0.25, -0.2) is 9.97 Å². The average Bonchev–Trinajstić information content (AvgIpc) is 3.39. The zero-order valence-electron chi connectivity index (χ0n) is 15.7. The molecule has 0 bridgehead atoms. The van der Waals surface area contributed by atoms with Gasteiger partial charge in [-0.3, -0.25) is 4.40 Å². The maximum atomic E-state index is 6.23. The number of rotatable bonds is 3. The Labute approximate surface area is 178 Å². The van der Waals surface area contributed by atoms with Crippen molar-refractivity contribution in [3.63, 3.8) is 0 Å². The van der Waals surface area contributed by atoms with Crippen LogP contribution in [0.5, 0.6) is 0 Å². The van der Waals surface area contributed by atoms with E-state index in [1.165, 1.54) is 0 Å². The molecule has 5 nitrogen and oxygen atoms in total. The van der Waals surface area contributed by atoms with Gasteiger partial charge in [-0.1, -0.05) is 35.9 Å². The summed E-state index contributed by atoms with van der Waals surface area (Å²) in [6, 6.07) is 22.9. The van der Waals surface area contributed by atoms with E-state index < -0.39 is 0 Å². The second-order valence-electron chi connectivity index (χ2n) is 6.50. The summed E-state index contributed by atoms with van der Waals surface area (Å²) in [5.74, 6) is 7.92. The van der Waals surface area contributed by atoms with Crippen molar-refractivity contribution >= 4 is 28.8 Å². The van der Waals surface area contributed by atoms with Crippen LogP contribution in [-0.2, 0) is 0 Å². The number of para-hydroxylation sites is 1. The van der Waals surface area contributed by atoms with Crippen LogP contribution >= 0.6 is 11.6 Å². The highest BCUT2D eigenvalue weighted by atomic mass is 35.5. The van der Waals surface area contributed by atoms with Gasteiger partial charge in [0.15, 0.2) is 11.5 Å². The van der Waals surface area contributed by atoms with Crippen LogP contribution in [0.2, 0.25) is 5.02 Å². The Balaban J connectivity index is 1.57. The molecule has 4 heterocycles. The molecule has 5 rings (SSSR count). The maximum Gasteiger partial charge on any atom is 0.178 e. The van der Waals surface area contributed by atoms with Crippen molar-refractivity contribution in [2.75, 3.05) is 5.32 Å². The molecule has 0 amide bonds. The zero-order valence-corrected chi connectivity index (χ0v) is 16.5. The lowest BCUT2D eigenvalue weighted by Gasteiger charge is -2.08. The molecule has 0 saturated carbocycles. The largest absolute Gasteiger partial charge is 0.446 e. The van der Waals surface area contributed by atoms with E-state index in [9.17, 15) is 0 Å². The van der Waals surface area contributed by atoms with Crippen molar-refractivity contribution in [2.45, 2.75) is 0 Å². The van der Waals surface area contributed by atoms with E-state index in [1.54, 1.807) is 6.20 Å². The van der Waals surface area contributed by atoms with Gasteiger partial charge in [0.1, 0.15) is 22.9 Å². The third-order valence-electron chi connectivity index (χ3n) is 4.44. The summed E-state index contributed by atoms with van der Waals surface area (Å²) >= 11 is 6.23. The van der Waals surface area contributed by atoms with Gasteiger partial charge >= 0.3 is 0 Å². The minimum atomic E-state index is 0.538. The van der Waals surface area contributed by atoms with E-state index in [-0.39, 0.29) is 0 Å². The van der Waals surface area contributed by atoms with Crippen molar-refractivity contribution in [3.05, 3.63) is 102 Å².